The van der Waals surface area contributed by atoms with Gasteiger partial charge >= 0.3 is 5.97 Å². The van der Waals surface area contributed by atoms with Gasteiger partial charge in [-0.2, -0.15) is 0 Å². The Morgan fingerprint density at radius 2 is 2.06 bits per heavy atom. The van der Waals surface area contributed by atoms with Gasteiger partial charge in [0, 0.05) is 14.1 Å². The average Bonchev–Trinajstić information content (AvgIpc) is 2.35. The number of carbonyl (C=O) groups excluding carboxylic acids is 1. The number of carbonyl (C=O) groups is 1. The van der Waals surface area contributed by atoms with E-state index in [1.165, 1.54) is 7.11 Å². The van der Waals surface area contributed by atoms with Crippen LogP contribution in [0.2, 0.25) is 0 Å². The van der Waals surface area contributed by atoms with Crippen molar-refractivity contribution in [3.63, 3.8) is 0 Å². The largest absolute Gasteiger partial charge is 0.465 e. The number of nitrogens with zero attached hydrogens (tertiary/aromatic N) is 1. The summed E-state index contributed by atoms with van der Waals surface area (Å²) in [4.78, 5) is 13.3. The van der Waals surface area contributed by atoms with Crippen molar-refractivity contribution in [2.24, 2.45) is 0 Å². The van der Waals surface area contributed by atoms with Gasteiger partial charge in [-0.15, -0.1) is 0 Å². The monoisotopic (exact) mass is 238 g/mol. The first kappa shape index (κ1) is 12.4. The zero-order valence-electron chi connectivity index (χ0n) is 9.48. The second-order valence-electron chi connectivity index (χ2n) is 3.12. The summed E-state index contributed by atoms with van der Waals surface area (Å²) in [6.45, 7) is 0. The fraction of sp³-hybridized carbons (Fsp3) is 0.273. The lowest BCUT2D eigenvalue weighted by Gasteiger charge is -2.21. The Bertz CT molecular complexity index is 407. The fourth-order valence-corrected chi connectivity index (χ4v) is 1.42. The lowest BCUT2D eigenvalue weighted by molar-refractivity contribution is 0.0601. The summed E-state index contributed by atoms with van der Waals surface area (Å²) in [5.74, 6) is -0.374. The highest BCUT2D eigenvalue weighted by atomic mass is 32.1. The number of ether oxygens (including phenoxy) is 1. The second kappa shape index (κ2) is 5.46. The molecule has 0 fully saturated rings. The molecule has 0 atom stereocenters. The van der Waals surface area contributed by atoms with Crippen LogP contribution in [0.15, 0.2) is 24.3 Å². The van der Waals surface area contributed by atoms with Crippen molar-refractivity contribution >= 4 is 29.0 Å². The van der Waals surface area contributed by atoms with E-state index < -0.39 is 0 Å². The molecule has 0 bridgehead atoms. The van der Waals surface area contributed by atoms with Gasteiger partial charge in [-0.3, -0.25) is 0 Å². The topological polar surface area (TPSA) is 41.6 Å². The minimum absolute atomic E-state index is 0.374. The van der Waals surface area contributed by atoms with Crippen molar-refractivity contribution in [1.82, 2.24) is 5.32 Å². The van der Waals surface area contributed by atoms with Gasteiger partial charge in [0.15, 0.2) is 5.11 Å². The molecule has 86 valence electrons. The first-order valence-corrected chi connectivity index (χ1v) is 5.15. The molecule has 1 rings (SSSR count). The fourth-order valence-electron chi connectivity index (χ4n) is 1.33. The maximum absolute atomic E-state index is 11.5. The number of methoxy groups -OCH3 is 1. The average molecular weight is 238 g/mol. The van der Waals surface area contributed by atoms with E-state index in [4.69, 9.17) is 17.0 Å². The molecule has 4 nitrogen and oxygen atoms in total. The molecule has 0 aliphatic rings. The van der Waals surface area contributed by atoms with Crippen LogP contribution in [0.5, 0.6) is 0 Å². The Morgan fingerprint density at radius 1 is 1.44 bits per heavy atom. The number of rotatable bonds is 2. The molecule has 0 saturated carbocycles. The molecule has 0 aliphatic heterocycles. The number of hydrogen-bond acceptors (Lipinski definition) is 3. The van der Waals surface area contributed by atoms with Gasteiger partial charge in [0.2, 0.25) is 0 Å². The third-order valence-corrected chi connectivity index (χ3v) is 2.67. The molecule has 16 heavy (non-hydrogen) atoms. The Kier molecular flexibility index (Phi) is 4.25. The van der Waals surface area contributed by atoms with Crippen LogP contribution in [0.3, 0.4) is 0 Å². The molecule has 0 aliphatic carbocycles. The van der Waals surface area contributed by atoms with E-state index in [0.29, 0.717) is 16.4 Å². The van der Waals surface area contributed by atoms with Crippen molar-refractivity contribution in [2.75, 3.05) is 26.1 Å². The highest BCUT2D eigenvalue weighted by Gasteiger charge is 2.15. The zero-order chi connectivity index (χ0) is 12.1. The van der Waals surface area contributed by atoms with Crippen LogP contribution in [0.4, 0.5) is 5.69 Å². The van der Waals surface area contributed by atoms with Crippen LogP contribution in [-0.2, 0) is 4.74 Å². The Morgan fingerprint density at radius 3 is 2.62 bits per heavy atom. The zero-order valence-corrected chi connectivity index (χ0v) is 10.3. The van der Waals surface area contributed by atoms with Gasteiger partial charge in [0.05, 0.1) is 18.4 Å². The summed E-state index contributed by atoms with van der Waals surface area (Å²) >= 11 is 5.11. The smallest absolute Gasteiger partial charge is 0.339 e. The summed E-state index contributed by atoms with van der Waals surface area (Å²) in [6, 6.07) is 7.15. The molecule has 0 amide bonds. The number of esters is 1. The van der Waals surface area contributed by atoms with Gasteiger partial charge in [-0.1, -0.05) is 12.1 Å². The number of hydrogen-bond donors (Lipinski definition) is 1. The molecule has 1 aromatic carbocycles. The predicted octanol–water partition coefficient (Wildman–Crippen LogP) is 1.41. The predicted molar refractivity (Wildman–Crippen MR) is 67.8 cm³/mol. The second-order valence-corrected chi connectivity index (χ2v) is 3.51. The van der Waals surface area contributed by atoms with E-state index in [1.807, 2.05) is 12.1 Å². The maximum atomic E-state index is 11.5. The number of nitrogens with one attached hydrogen (secondary N) is 1. The molecule has 5 heteroatoms. The first-order chi connectivity index (χ1) is 7.61. The van der Waals surface area contributed by atoms with E-state index in [2.05, 4.69) is 5.32 Å². The van der Waals surface area contributed by atoms with Crippen molar-refractivity contribution < 1.29 is 9.53 Å². The van der Waals surface area contributed by atoms with E-state index in [-0.39, 0.29) is 5.97 Å². The molecular weight excluding hydrogens is 224 g/mol. The van der Waals surface area contributed by atoms with Crippen LogP contribution >= 0.6 is 12.2 Å². The Balaban J connectivity index is 3.13. The van der Waals surface area contributed by atoms with Gasteiger partial charge in [0.1, 0.15) is 0 Å². The number of benzene rings is 1. The third kappa shape index (κ3) is 2.49. The molecule has 0 aromatic heterocycles. The number of para-hydroxylation sites is 1. The summed E-state index contributed by atoms with van der Waals surface area (Å²) in [5.41, 5.74) is 1.21. The summed E-state index contributed by atoms with van der Waals surface area (Å²) in [6.07, 6.45) is 0. The van der Waals surface area contributed by atoms with Gasteiger partial charge in [-0.05, 0) is 24.4 Å². The Labute approximate surface area is 100 Å². The van der Waals surface area contributed by atoms with Crippen molar-refractivity contribution in [1.29, 1.82) is 0 Å². The lowest BCUT2D eigenvalue weighted by atomic mass is 10.1. The van der Waals surface area contributed by atoms with Crippen LogP contribution in [-0.4, -0.2) is 32.3 Å². The standard InChI is InChI=1S/C11H14N2O2S/c1-12-11(16)13(2)9-7-5-4-6-8(9)10(14)15-3/h4-7H,1-3H3,(H,12,16). The van der Waals surface area contributed by atoms with Gasteiger partial charge < -0.3 is 15.0 Å². The molecule has 1 N–H and O–H groups in total. The van der Waals surface area contributed by atoms with Crippen LogP contribution < -0.4 is 10.2 Å². The summed E-state index contributed by atoms with van der Waals surface area (Å²) in [7, 11) is 4.88. The lowest BCUT2D eigenvalue weighted by Crippen LogP contribution is -2.35. The molecule has 0 heterocycles. The van der Waals surface area contributed by atoms with Gasteiger partial charge in [-0.25, -0.2) is 4.79 Å². The highest BCUT2D eigenvalue weighted by molar-refractivity contribution is 7.80. The van der Waals surface area contributed by atoms with E-state index in [0.717, 1.165) is 0 Å². The van der Waals surface area contributed by atoms with Crippen LogP contribution in [0.1, 0.15) is 10.4 Å². The number of anilines is 1. The van der Waals surface area contributed by atoms with Crippen molar-refractivity contribution in [3.8, 4) is 0 Å². The summed E-state index contributed by atoms with van der Waals surface area (Å²) < 4.78 is 4.71. The van der Waals surface area contributed by atoms with E-state index >= 15 is 0 Å². The molecule has 0 radical (unpaired) electrons. The third-order valence-electron chi connectivity index (χ3n) is 2.19. The van der Waals surface area contributed by atoms with Crippen molar-refractivity contribution in [2.45, 2.75) is 0 Å². The van der Waals surface area contributed by atoms with E-state index in [1.54, 1.807) is 31.1 Å². The number of thiocarbonyl (C=S) groups is 1. The Hall–Kier alpha value is -1.62. The SMILES string of the molecule is CNC(=S)N(C)c1ccccc1C(=O)OC. The highest BCUT2D eigenvalue weighted by Crippen LogP contribution is 2.19. The van der Waals surface area contributed by atoms with E-state index in [9.17, 15) is 4.79 Å². The molecule has 1 aromatic rings. The minimum Gasteiger partial charge on any atom is -0.465 e. The minimum atomic E-state index is -0.374. The van der Waals surface area contributed by atoms with Crippen molar-refractivity contribution in [3.05, 3.63) is 29.8 Å². The quantitative estimate of drug-likeness (QED) is 0.623. The molecule has 0 saturated heterocycles. The van der Waals surface area contributed by atoms with Gasteiger partial charge in [0.25, 0.3) is 0 Å². The summed E-state index contributed by atoms with van der Waals surface area (Å²) in [5, 5.41) is 3.39. The molecular formula is C11H14N2O2S. The normalized spacial score (nSPS) is 9.44. The van der Waals surface area contributed by atoms with Crippen LogP contribution in [0, 0.1) is 0 Å². The maximum Gasteiger partial charge on any atom is 0.339 e. The molecule has 0 unspecified atom stereocenters. The molecule has 0 spiro atoms. The first-order valence-electron chi connectivity index (χ1n) is 4.74. The van der Waals surface area contributed by atoms with Crippen LogP contribution in [0.25, 0.3) is 0 Å².